The number of halogens is 3. The van der Waals surface area contributed by atoms with Crippen LogP contribution in [0.2, 0.25) is 0 Å². The lowest BCUT2D eigenvalue weighted by Crippen LogP contribution is -2.06. The van der Waals surface area contributed by atoms with E-state index in [0.717, 1.165) is 12.1 Å². The van der Waals surface area contributed by atoms with Crippen LogP contribution in [-0.2, 0) is 0 Å². The number of hydrogen-bond donors (Lipinski definition) is 1. The molecule has 7 heteroatoms. The molecule has 1 aromatic carbocycles. The first-order valence-electron chi connectivity index (χ1n) is 4.29. The Bertz CT molecular complexity index is 505. The Balaban J connectivity index is 3.39. The topological polar surface area (TPSA) is 61.1 Å². The number of alkyl halides is 3. The predicted molar refractivity (Wildman–Crippen MR) is 54.8 cm³/mol. The van der Waals surface area contributed by atoms with Gasteiger partial charge in [-0.25, -0.2) is 4.79 Å². The number of carboxylic acid groups (broad SMARTS) is 1. The van der Waals surface area contributed by atoms with Crippen LogP contribution in [-0.4, -0.2) is 16.6 Å². The third kappa shape index (κ3) is 3.14. The molecule has 1 aromatic rings. The molecule has 0 unspecified atom stereocenters. The zero-order valence-electron chi connectivity index (χ0n) is 8.50. The van der Waals surface area contributed by atoms with Crippen molar-refractivity contribution in [3.8, 4) is 6.07 Å². The summed E-state index contributed by atoms with van der Waals surface area (Å²) in [6, 6.07) is 3.81. The number of thioether (sulfide) groups is 1. The lowest BCUT2D eigenvalue weighted by molar-refractivity contribution is -0.0328. The maximum absolute atomic E-state index is 12.3. The van der Waals surface area contributed by atoms with E-state index < -0.39 is 23.2 Å². The first-order valence-corrected chi connectivity index (χ1v) is 5.10. The van der Waals surface area contributed by atoms with Crippen LogP contribution in [0.15, 0.2) is 17.0 Å². The Kier molecular flexibility index (Phi) is 3.68. The lowest BCUT2D eigenvalue weighted by atomic mass is 10.1. The summed E-state index contributed by atoms with van der Waals surface area (Å²) >= 11 is -0.476. The highest BCUT2D eigenvalue weighted by molar-refractivity contribution is 8.00. The maximum atomic E-state index is 12.3. The zero-order chi connectivity index (χ0) is 13.2. The molecule has 0 aliphatic carbocycles. The molecule has 17 heavy (non-hydrogen) atoms. The van der Waals surface area contributed by atoms with Crippen molar-refractivity contribution in [3.63, 3.8) is 0 Å². The average Bonchev–Trinajstić information content (AvgIpc) is 2.18. The fraction of sp³-hybridized carbons (Fsp3) is 0.200. The number of nitriles is 1. The normalized spacial score (nSPS) is 11.0. The van der Waals surface area contributed by atoms with E-state index in [2.05, 4.69) is 0 Å². The molecule has 1 rings (SSSR count). The van der Waals surface area contributed by atoms with Crippen molar-refractivity contribution in [3.05, 3.63) is 28.8 Å². The van der Waals surface area contributed by atoms with E-state index in [0.29, 0.717) is 0 Å². The minimum atomic E-state index is -4.56. The van der Waals surface area contributed by atoms with Gasteiger partial charge in [-0.15, -0.1) is 0 Å². The summed E-state index contributed by atoms with van der Waals surface area (Å²) in [5, 5.41) is 17.5. The quantitative estimate of drug-likeness (QED) is 0.830. The second-order valence-electron chi connectivity index (χ2n) is 3.08. The molecule has 0 radical (unpaired) electrons. The van der Waals surface area contributed by atoms with Crippen LogP contribution in [0.1, 0.15) is 21.5 Å². The third-order valence-corrected chi connectivity index (χ3v) is 2.94. The van der Waals surface area contributed by atoms with Crippen LogP contribution in [0.25, 0.3) is 0 Å². The van der Waals surface area contributed by atoms with Gasteiger partial charge in [0.1, 0.15) is 6.07 Å². The number of benzene rings is 1. The number of carbonyl (C=O) groups is 1. The Morgan fingerprint density at radius 3 is 2.47 bits per heavy atom. The molecule has 0 aliphatic heterocycles. The van der Waals surface area contributed by atoms with Crippen LogP contribution in [0.3, 0.4) is 0 Å². The SMILES string of the molecule is Cc1c(C(=O)O)ccc(C#N)c1SC(F)(F)F. The van der Waals surface area contributed by atoms with Crippen molar-refractivity contribution in [1.29, 1.82) is 5.26 Å². The number of nitrogens with zero attached hydrogens (tertiary/aromatic N) is 1. The number of hydrogen-bond acceptors (Lipinski definition) is 3. The minimum absolute atomic E-state index is 0.0566. The summed E-state index contributed by atoms with van der Waals surface area (Å²) in [4.78, 5) is 10.4. The molecule has 0 aliphatic rings. The molecule has 1 N–H and O–H groups in total. The maximum Gasteiger partial charge on any atom is 0.446 e. The van der Waals surface area contributed by atoms with E-state index in [1.54, 1.807) is 6.07 Å². The van der Waals surface area contributed by atoms with E-state index in [-0.39, 0.29) is 21.6 Å². The molecule has 0 aromatic heterocycles. The van der Waals surface area contributed by atoms with Crippen molar-refractivity contribution >= 4 is 17.7 Å². The molecule has 0 saturated heterocycles. The van der Waals surface area contributed by atoms with Gasteiger partial charge in [-0.05, 0) is 36.4 Å². The summed E-state index contributed by atoms with van der Waals surface area (Å²) in [7, 11) is 0. The Morgan fingerprint density at radius 2 is 2.06 bits per heavy atom. The number of rotatable bonds is 2. The van der Waals surface area contributed by atoms with Gasteiger partial charge in [0.25, 0.3) is 0 Å². The van der Waals surface area contributed by atoms with Gasteiger partial charge in [0, 0.05) is 4.90 Å². The van der Waals surface area contributed by atoms with Crippen molar-refractivity contribution in [2.45, 2.75) is 17.3 Å². The molecule has 0 saturated carbocycles. The van der Waals surface area contributed by atoms with Crippen LogP contribution in [0.5, 0.6) is 0 Å². The smallest absolute Gasteiger partial charge is 0.446 e. The second kappa shape index (κ2) is 4.67. The summed E-state index contributed by atoms with van der Waals surface area (Å²) in [5.74, 6) is -1.32. The Morgan fingerprint density at radius 1 is 1.47 bits per heavy atom. The first kappa shape index (κ1) is 13.4. The largest absolute Gasteiger partial charge is 0.478 e. The van der Waals surface area contributed by atoms with Gasteiger partial charge in [-0.2, -0.15) is 18.4 Å². The van der Waals surface area contributed by atoms with E-state index in [9.17, 15) is 18.0 Å². The van der Waals surface area contributed by atoms with Crippen molar-refractivity contribution in [2.24, 2.45) is 0 Å². The van der Waals surface area contributed by atoms with Gasteiger partial charge in [-0.3, -0.25) is 0 Å². The van der Waals surface area contributed by atoms with Crippen LogP contribution in [0.4, 0.5) is 13.2 Å². The first-order chi connectivity index (χ1) is 7.76. The minimum Gasteiger partial charge on any atom is -0.478 e. The second-order valence-corrected chi connectivity index (χ2v) is 4.15. The van der Waals surface area contributed by atoms with Crippen molar-refractivity contribution in [2.75, 3.05) is 0 Å². The molecule has 0 heterocycles. The Labute approximate surface area is 98.9 Å². The molecule has 90 valence electrons. The predicted octanol–water partition coefficient (Wildman–Crippen LogP) is 3.18. The standard InChI is InChI=1S/C10H6F3NO2S/c1-5-7(9(15)16)3-2-6(4-14)8(5)17-10(11,12)13/h2-3H,1H3,(H,15,16). The average molecular weight is 261 g/mol. The van der Waals surface area contributed by atoms with Crippen LogP contribution < -0.4 is 0 Å². The summed E-state index contributed by atoms with van der Waals surface area (Å²) < 4.78 is 36.8. The fourth-order valence-corrected chi connectivity index (χ4v) is 1.98. The van der Waals surface area contributed by atoms with Gasteiger partial charge >= 0.3 is 11.5 Å². The fourth-order valence-electron chi connectivity index (χ4n) is 1.26. The molecule has 0 bridgehead atoms. The van der Waals surface area contributed by atoms with E-state index in [1.165, 1.54) is 6.92 Å². The van der Waals surface area contributed by atoms with Crippen molar-refractivity contribution < 1.29 is 23.1 Å². The number of aromatic carboxylic acids is 1. The summed E-state index contributed by atoms with van der Waals surface area (Å²) in [6.07, 6.45) is 0. The van der Waals surface area contributed by atoms with E-state index >= 15 is 0 Å². The van der Waals surface area contributed by atoms with Gasteiger partial charge in [0.2, 0.25) is 0 Å². The highest BCUT2D eigenvalue weighted by Crippen LogP contribution is 2.40. The van der Waals surface area contributed by atoms with Gasteiger partial charge in [0.05, 0.1) is 11.1 Å². The van der Waals surface area contributed by atoms with Crippen LogP contribution in [0, 0.1) is 18.3 Å². The monoisotopic (exact) mass is 261 g/mol. The van der Waals surface area contributed by atoms with Gasteiger partial charge < -0.3 is 5.11 Å². The number of carboxylic acids is 1. The Hall–Kier alpha value is -1.68. The lowest BCUT2D eigenvalue weighted by Gasteiger charge is -2.12. The summed E-state index contributed by atoms with van der Waals surface area (Å²) in [6.45, 7) is 1.25. The molecule has 0 atom stereocenters. The molecular formula is C10H6F3NO2S. The van der Waals surface area contributed by atoms with Gasteiger partial charge in [-0.1, -0.05) is 0 Å². The summed E-state index contributed by atoms with van der Waals surface area (Å²) in [5.41, 5.74) is -5.04. The van der Waals surface area contributed by atoms with Crippen molar-refractivity contribution in [1.82, 2.24) is 0 Å². The zero-order valence-corrected chi connectivity index (χ0v) is 9.32. The van der Waals surface area contributed by atoms with E-state index in [4.69, 9.17) is 10.4 Å². The molecule has 3 nitrogen and oxygen atoms in total. The third-order valence-electron chi connectivity index (χ3n) is 1.97. The van der Waals surface area contributed by atoms with Gasteiger partial charge in [0.15, 0.2) is 0 Å². The molecular weight excluding hydrogens is 255 g/mol. The highest BCUT2D eigenvalue weighted by Gasteiger charge is 2.32. The molecule has 0 fully saturated rings. The highest BCUT2D eigenvalue weighted by atomic mass is 32.2. The van der Waals surface area contributed by atoms with Crippen LogP contribution >= 0.6 is 11.8 Å². The van der Waals surface area contributed by atoms with E-state index in [1.807, 2.05) is 0 Å². The molecule has 0 amide bonds. The molecule has 0 spiro atoms.